The van der Waals surface area contributed by atoms with Gasteiger partial charge in [-0.2, -0.15) is 0 Å². The monoisotopic (exact) mass is 427 g/mol. The zero-order valence-electron chi connectivity index (χ0n) is 19.1. The lowest BCUT2D eigenvalue weighted by molar-refractivity contribution is -0.116. The first-order valence-electron chi connectivity index (χ1n) is 11.0. The number of nitrogens with one attached hydrogen (secondary N) is 2. The third kappa shape index (κ3) is 4.15. The summed E-state index contributed by atoms with van der Waals surface area (Å²) in [5.41, 5.74) is 2.04. The van der Waals surface area contributed by atoms with Gasteiger partial charge in [0.2, 0.25) is 5.91 Å². The Balaban J connectivity index is 1.51. The first-order chi connectivity index (χ1) is 14.6. The summed E-state index contributed by atoms with van der Waals surface area (Å²) >= 11 is 0. The molecule has 2 fully saturated rings. The Labute approximate surface area is 183 Å². The maximum Gasteiger partial charge on any atom is 0.356 e. The Morgan fingerprint density at radius 1 is 1.23 bits per heavy atom. The fraction of sp³-hybridized carbons (Fsp3) is 0.583. The van der Waals surface area contributed by atoms with Gasteiger partial charge in [-0.05, 0) is 42.2 Å². The van der Waals surface area contributed by atoms with Crippen molar-refractivity contribution in [2.75, 3.05) is 32.6 Å². The molecule has 1 aliphatic heterocycles. The molecule has 7 nitrogen and oxygen atoms in total. The third-order valence-electron chi connectivity index (χ3n) is 6.81. The minimum atomic E-state index is -0.531. The molecule has 2 bridgehead atoms. The number of benzene rings is 1. The van der Waals surface area contributed by atoms with Crippen molar-refractivity contribution < 1.29 is 19.1 Å². The number of hydrogen-bond acceptors (Lipinski definition) is 5. The first-order valence-corrected chi connectivity index (χ1v) is 11.0. The molecule has 1 aromatic carbocycles. The molecule has 1 aromatic heterocycles. The number of amides is 1. The summed E-state index contributed by atoms with van der Waals surface area (Å²) in [4.78, 5) is 30.8. The molecule has 0 spiro atoms. The van der Waals surface area contributed by atoms with Crippen LogP contribution in [-0.4, -0.2) is 55.1 Å². The Morgan fingerprint density at radius 3 is 2.71 bits per heavy atom. The average molecular weight is 428 g/mol. The largest absolute Gasteiger partial charge is 0.496 e. The van der Waals surface area contributed by atoms with E-state index in [1.807, 2.05) is 12.1 Å². The van der Waals surface area contributed by atoms with Crippen molar-refractivity contribution in [3.05, 3.63) is 23.9 Å². The lowest BCUT2D eigenvalue weighted by atomic mass is 9.65. The number of methoxy groups -OCH3 is 2. The number of hydrogen-bond donors (Lipinski definition) is 2. The summed E-state index contributed by atoms with van der Waals surface area (Å²) in [5, 5.41) is 3.63. The Hall–Kier alpha value is -2.54. The van der Waals surface area contributed by atoms with E-state index in [1.54, 1.807) is 13.2 Å². The van der Waals surface area contributed by atoms with E-state index < -0.39 is 5.97 Å². The van der Waals surface area contributed by atoms with E-state index in [1.165, 1.54) is 26.4 Å². The zero-order chi connectivity index (χ0) is 22.4. The van der Waals surface area contributed by atoms with Crippen molar-refractivity contribution >= 4 is 28.5 Å². The minimum Gasteiger partial charge on any atom is -0.496 e. The van der Waals surface area contributed by atoms with E-state index in [9.17, 15) is 9.59 Å². The van der Waals surface area contributed by atoms with Crippen LogP contribution in [0.4, 0.5) is 5.69 Å². The molecule has 1 aliphatic carbocycles. The Morgan fingerprint density at radius 2 is 2.00 bits per heavy atom. The molecule has 4 rings (SSSR count). The summed E-state index contributed by atoms with van der Waals surface area (Å²) < 4.78 is 10.4. The van der Waals surface area contributed by atoms with Crippen molar-refractivity contribution in [2.24, 2.45) is 10.8 Å². The van der Waals surface area contributed by atoms with Crippen molar-refractivity contribution in [1.82, 2.24) is 9.88 Å². The van der Waals surface area contributed by atoms with Crippen LogP contribution in [0.5, 0.6) is 5.75 Å². The number of likely N-dealkylation sites (tertiary alicyclic amines) is 1. The highest BCUT2D eigenvalue weighted by molar-refractivity contribution is 6.12. The summed E-state index contributed by atoms with van der Waals surface area (Å²) in [7, 11) is 2.89. The SMILES string of the molecule is COC(=O)c1[nH]c2cccc(OC)c2c1NC(=O)CCN1CC2(C)CC1CC(C)(C)C2. The van der Waals surface area contributed by atoms with Crippen LogP contribution in [0, 0.1) is 10.8 Å². The highest BCUT2D eigenvalue weighted by atomic mass is 16.5. The summed E-state index contributed by atoms with van der Waals surface area (Å²) in [6.07, 6.45) is 3.99. The second kappa shape index (κ2) is 7.86. The number of carbonyl (C=O) groups excluding carboxylic acids is 2. The molecule has 2 aromatic rings. The molecule has 0 radical (unpaired) electrons. The number of aromatic nitrogens is 1. The van der Waals surface area contributed by atoms with Crippen LogP contribution in [-0.2, 0) is 9.53 Å². The van der Waals surface area contributed by atoms with Gasteiger partial charge in [0.1, 0.15) is 11.4 Å². The summed E-state index contributed by atoms with van der Waals surface area (Å²) in [5.74, 6) is -0.0671. The molecule has 1 amide bonds. The second-order valence-electron chi connectivity index (χ2n) is 10.2. The van der Waals surface area contributed by atoms with Crippen molar-refractivity contribution in [2.45, 2.75) is 52.5 Å². The molecule has 1 saturated heterocycles. The van der Waals surface area contributed by atoms with E-state index in [4.69, 9.17) is 9.47 Å². The average Bonchev–Trinajstić information content (AvgIpc) is 3.18. The van der Waals surface area contributed by atoms with Gasteiger partial charge in [-0.25, -0.2) is 4.79 Å². The maximum atomic E-state index is 12.9. The van der Waals surface area contributed by atoms with Gasteiger partial charge in [0.15, 0.2) is 0 Å². The van der Waals surface area contributed by atoms with Crippen LogP contribution in [0.3, 0.4) is 0 Å². The fourth-order valence-electron chi connectivity index (χ4n) is 6.05. The van der Waals surface area contributed by atoms with Crippen LogP contribution >= 0.6 is 0 Å². The molecule has 2 unspecified atom stereocenters. The summed E-state index contributed by atoms with van der Waals surface area (Å²) in [6, 6.07) is 6.02. The first kappa shape index (κ1) is 21.7. The number of H-pyrrole nitrogens is 1. The number of aromatic amines is 1. The highest BCUT2D eigenvalue weighted by Crippen LogP contribution is 2.52. The predicted octanol–water partition coefficient (Wildman–Crippen LogP) is 4.19. The Kier molecular flexibility index (Phi) is 5.50. The molecule has 2 atom stereocenters. The van der Waals surface area contributed by atoms with Crippen molar-refractivity contribution in [3.63, 3.8) is 0 Å². The van der Waals surface area contributed by atoms with Crippen LogP contribution in [0.15, 0.2) is 18.2 Å². The fourth-order valence-corrected chi connectivity index (χ4v) is 6.05. The lowest BCUT2D eigenvalue weighted by Crippen LogP contribution is -2.35. The normalized spacial score (nSPS) is 24.9. The molecule has 1 saturated carbocycles. The van der Waals surface area contributed by atoms with Gasteiger partial charge in [-0.3, -0.25) is 9.69 Å². The number of carbonyl (C=O) groups is 2. The van der Waals surface area contributed by atoms with Gasteiger partial charge in [0.05, 0.1) is 30.8 Å². The van der Waals surface area contributed by atoms with Crippen molar-refractivity contribution in [1.29, 1.82) is 0 Å². The molecule has 7 heteroatoms. The van der Waals surface area contributed by atoms with E-state index in [-0.39, 0.29) is 11.6 Å². The van der Waals surface area contributed by atoms with Gasteiger partial charge < -0.3 is 19.8 Å². The van der Waals surface area contributed by atoms with E-state index in [0.29, 0.717) is 45.6 Å². The van der Waals surface area contributed by atoms with E-state index in [0.717, 1.165) is 13.1 Å². The smallest absolute Gasteiger partial charge is 0.356 e. The number of esters is 1. The number of fused-ring (bicyclic) bond motifs is 3. The standard InChI is InChI=1S/C24H33N3O4/c1-23(2)11-15-12-24(3,13-23)14-27(15)10-9-18(28)26-20-19-16(7-6-8-17(19)30-4)25-21(20)22(29)31-5/h6-8,15,25H,9-14H2,1-5H3,(H,26,28). The van der Waals surface area contributed by atoms with Gasteiger partial charge >= 0.3 is 5.97 Å². The number of ether oxygens (including phenoxy) is 2. The topological polar surface area (TPSA) is 83.7 Å². The molecule has 2 aliphatic rings. The van der Waals surface area contributed by atoms with Gasteiger partial charge in [-0.15, -0.1) is 0 Å². The van der Waals surface area contributed by atoms with Crippen LogP contribution < -0.4 is 10.1 Å². The molecule has 31 heavy (non-hydrogen) atoms. The van der Waals surface area contributed by atoms with Crippen molar-refractivity contribution in [3.8, 4) is 5.75 Å². The molecule has 168 valence electrons. The predicted molar refractivity (Wildman–Crippen MR) is 121 cm³/mol. The third-order valence-corrected chi connectivity index (χ3v) is 6.81. The quantitative estimate of drug-likeness (QED) is 0.676. The molecular formula is C24H33N3O4. The molecule has 2 N–H and O–H groups in total. The van der Waals surface area contributed by atoms with Gasteiger partial charge in [-0.1, -0.05) is 26.8 Å². The molecular weight excluding hydrogens is 394 g/mol. The second-order valence-corrected chi connectivity index (χ2v) is 10.2. The van der Waals surface area contributed by atoms with E-state index >= 15 is 0 Å². The number of rotatable bonds is 6. The lowest BCUT2D eigenvalue weighted by Gasteiger charge is -2.39. The van der Waals surface area contributed by atoms with Crippen LogP contribution in [0.1, 0.15) is 56.9 Å². The van der Waals surface area contributed by atoms with E-state index in [2.05, 4.69) is 36.0 Å². The van der Waals surface area contributed by atoms with Crippen LogP contribution in [0.2, 0.25) is 0 Å². The maximum absolute atomic E-state index is 12.9. The number of anilines is 1. The number of nitrogens with zero attached hydrogens (tertiary/aromatic N) is 1. The Bertz CT molecular complexity index is 1010. The van der Waals surface area contributed by atoms with Gasteiger partial charge in [0, 0.05) is 25.6 Å². The highest BCUT2D eigenvalue weighted by Gasteiger charge is 2.49. The summed E-state index contributed by atoms with van der Waals surface area (Å²) in [6.45, 7) is 8.85. The molecule has 2 heterocycles. The zero-order valence-corrected chi connectivity index (χ0v) is 19.1. The van der Waals surface area contributed by atoms with Gasteiger partial charge in [0.25, 0.3) is 0 Å². The minimum absolute atomic E-state index is 0.122. The van der Waals surface area contributed by atoms with Crippen LogP contribution in [0.25, 0.3) is 10.9 Å².